The number of piperidine rings is 1. The summed E-state index contributed by atoms with van der Waals surface area (Å²) in [6.07, 6.45) is 3.35. The molecule has 1 fully saturated rings. The molecule has 0 amide bonds. The van der Waals surface area contributed by atoms with Crippen LogP contribution < -0.4 is 10.1 Å². The highest BCUT2D eigenvalue weighted by atomic mass is 16.5. The van der Waals surface area contributed by atoms with Crippen LogP contribution in [-0.4, -0.2) is 36.2 Å². The Kier molecular flexibility index (Phi) is 3.63. The molecule has 20 heavy (non-hydrogen) atoms. The van der Waals surface area contributed by atoms with Crippen LogP contribution in [0.4, 0.5) is 5.69 Å². The highest BCUT2D eigenvalue weighted by molar-refractivity contribution is 5.58. The Hall–Kier alpha value is -1.22. The molecule has 2 aliphatic rings. The van der Waals surface area contributed by atoms with Crippen molar-refractivity contribution in [2.75, 3.05) is 25.0 Å². The van der Waals surface area contributed by atoms with Gasteiger partial charge in [-0.1, -0.05) is 6.07 Å². The quantitative estimate of drug-likeness (QED) is 0.915. The van der Waals surface area contributed by atoms with Crippen LogP contribution in [0.2, 0.25) is 0 Å². The number of nitrogens with one attached hydrogen (secondary N) is 1. The van der Waals surface area contributed by atoms with Crippen molar-refractivity contribution in [2.24, 2.45) is 0 Å². The summed E-state index contributed by atoms with van der Waals surface area (Å²) in [6.45, 7) is 10.1. The fraction of sp³-hybridized carbons (Fsp3) is 0.647. The smallest absolute Gasteiger partial charge is 0.122 e. The van der Waals surface area contributed by atoms with Gasteiger partial charge in [-0.3, -0.25) is 0 Å². The number of benzene rings is 1. The van der Waals surface area contributed by atoms with E-state index < -0.39 is 0 Å². The highest BCUT2D eigenvalue weighted by Gasteiger charge is 2.32. The number of hydrogen-bond donors (Lipinski definition) is 1. The predicted octanol–water partition coefficient (Wildman–Crippen LogP) is 3.30. The first-order valence-corrected chi connectivity index (χ1v) is 7.86. The molecule has 0 bridgehead atoms. The van der Waals surface area contributed by atoms with E-state index in [1.54, 1.807) is 0 Å². The molecule has 1 aromatic carbocycles. The van der Waals surface area contributed by atoms with Crippen molar-refractivity contribution < 1.29 is 4.74 Å². The molecule has 2 aliphatic heterocycles. The Balaban J connectivity index is 1.65. The third kappa shape index (κ3) is 2.78. The first-order valence-electron chi connectivity index (χ1n) is 7.86. The van der Waals surface area contributed by atoms with Crippen molar-refractivity contribution in [2.45, 2.75) is 51.7 Å². The number of nitrogens with zero attached hydrogens (tertiary/aromatic N) is 1. The van der Waals surface area contributed by atoms with Crippen LogP contribution in [0.1, 0.15) is 39.2 Å². The van der Waals surface area contributed by atoms with Gasteiger partial charge in [0.1, 0.15) is 11.4 Å². The highest BCUT2D eigenvalue weighted by Crippen LogP contribution is 2.32. The predicted molar refractivity (Wildman–Crippen MR) is 83.6 cm³/mol. The summed E-state index contributed by atoms with van der Waals surface area (Å²) in [5, 5.41) is 3.42. The number of anilines is 1. The SMILES string of the molecule is CC(C)N1CCC(C)(Oc2ccc3c(c2)NCC3)CC1. The maximum absolute atomic E-state index is 6.33. The van der Waals surface area contributed by atoms with E-state index in [1.165, 1.54) is 11.3 Å². The van der Waals surface area contributed by atoms with Gasteiger partial charge in [-0.2, -0.15) is 0 Å². The monoisotopic (exact) mass is 274 g/mol. The molecule has 0 unspecified atom stereocenters. The molecule has 1 aromatic rings. The molecular weight excluding hydrogens is 248 g/mol. The van der Waals surface area contributed by atoms with Crippen LogP contribution in [0, 0.1) is 0 Å². The lowest BCUT2D eigenvalue weighted by atomic mass is 9.92. The summed E-state index contributed by atoms with van der Waals surface area (Å²) < 4.78 is 6.33. The molecule has 0 atom stereocenters. The lowest BCUT2D eigenvalue weighted by Crippen LogP contribution is -2.48. The van der Waals surface area contributed by atoms with E-state index >= 15 is 0 Å². The van der Waals surface area contributed by atoms with Crippen LogP contribution in [-0.2, 0) is 6.42 Å². The fourth-order valence-corrected chi connectivity index (χ4v) is 3.23. The van der Waals surface area contributed by atoms with Crippen molar-refractivity contribution in [3.8, 4) is 5.75 Å². The van der Waals surface area contributed by atoms with E-state index in [0.29, 0.717) is 6.04 Å². The number of fused-ring (bicyclic) bond motifs is 1. The van der Waals surface area contributed by atoms with Gasteiger partial charge in [0, 0.05) is 37.4 Å². The van der Waals surface area contributed by atoms with Crippen LogP contribution >= 0.6 is 0 Å². The molecular formula is C17H26N2O. The molecule has 0 aromatic heterocycles. The number of likely N-dealkylation sites (tertiary alicyclic amines) is 1. The Morgan fingerprint density at radius 3 is 2.70 bits per heavy atom. The van der Waals surface area contributed by atoms with Crippen LogP contribution in [0.15, 0.2) is 18.2 Å². The summed E-state index contributed by atoms with van der Waals surface area (Å²) in [6, 6.07) is 7.15. The van der Waals surface area contributed by atoms with Crippen LogP contribution in [0.25, 0.3) is 0 Å². The maximum atomic E-state index is 6.33. The zero-order valence-corrected chi connectivity index (χ0v) is 12.9. The van der Waals surface area contributed by atoms with Gasteiger partial charge in [-0.15, -0.1) is 0 Å². The minimum Gasteiger partial charge on any atom is -0.487 e. The number of rotatable bonds is 3. The zero-order valence-electron chi connectivity index (χ0n) is 12.9. The summed E-state index contributed by atoms with van der Waals surface area (Å²) in [4.78, 5) is 2.54. The third-order valence-electron chi connectivity index (χ3n) is 4.74. The van der Waals surface area contributed by atoms with Crippen molar-refractivity contribution in [3.63, 3.8) is 0 Å². The normalized spacial score (nSPS) is 21.6. The molecule has 0 saturated carbocycles. The van der Waals surface area contributed by atoms with Gasteiger partial charge in [-0.05, 0) is 51.7 Å². The van der Waals surface area contributed by atoms with E-state index in [1.807, 2.05) is 0 Å². The Labute approximate surface area is 122 Å². The average Bonchev–Trinajstić information content (AvgIpc) is 2.86. The van der Waals surface area contributed by atoms with Gasteiger partial charge in [0.25, 0.3) is 0 Å². The summed E-state index contributed by atoms with van der Waals surface area (Å²) >= 11 is 0. The lowest BCUT2D eigenvalue weighted by Gasteiger charge is -2.41. The molecule has 2 heterocycles. The number of hydrogen-bond acceptors (Lipinski definition) is 3. The molecule has 3 rings (SSSR count). The fourth-order valence-electron chi connectivity index (χ4n) is 3.23. The van der Waals surface area contributed by atoms with Gasteiger partial charge in [0.15, 0.2) is 0 Å². The zero-order chi connectivity index (χ0) is 14.2. The molecule has 3 heteroatoms. The van der Waals surface area contributed by atoms with E-state index in [9.17, 15) is 0 Å². The van der Waals surface area contributed by atoms with Crippen LogP contribution in [0.5, 0.6) is 5.75 Å². The van der Waals surface area contributed by atoms with Gasteiger partial charge in [0.2, 0.25) is 0 Å². The average molecular weight is 274 g/mol. The number of ether oxygens (including phenoxy) is 1. The molecule has 0 radical (unpaired) electrons. The van der Waals surface area contributed by atoms with Gasteiger partial charge in [0.05, 0.1) is 0 Å². The molecule has 1 N–H and O–H groups in total. The third-order valence-corrected chi connectivity index (χ3v) is 4.74. The van der Waals surface area contributed by atoms with E-state index in [4.69, 9.17) is 4.74 Å². The molecule has 1 saturated heterocycles. The van der Waals surface area contributed by atoms with Crippen LogP contribution in [0.3, 0.4) is 0 Å². The van der Waals surface area contributed by atoms with Gasteiger partial charge < -0.3 is 15.0 Å². The molecule has 0 spiro atoms. The second-order valence-electron chi connectivity index (χ2n) is 6.68. The maximum Gasteiger partial charge on any atom is 0.122 e. The van der Waals surface area contributed by atoms with Crippen molar-refractivity contribution in [3.05, 3.63) is 23.8 Å². The standard InChI is InChI=1S/C17H26N2O/c1-13(2)19-10-7-17(3,8-11-19)20-15-5-4-14-6-9-18-16(14)12-15/h4-5,12-13,18H,6-11H2,1-3H3. The van der Waals surface area contributed by atoms with E-state index in [0.717, 1.165) is 44.6 Å². The minimum absolute atomic E-state index is 0.0156. The first kappa shape index (κ1) is 13.7. The first-order chi connectivity index (χ1) is 9.56. The minimum atomic E-state index is -0.0156. The lowest BCUT2D eigenvalue weighted by molar-refractivity contribution is 0.00804. The summed E-state index contributed by atoms with van der Waals surface area (Å²) in [5.41, 5.74) is 2.65. The summed E-state index contributed by atoms with van der Waals surface area (Å²) in [5.74, 6) is 1.01. The largest absolute Gasteiger partial charge is 0.487 e. The second-order valence-corrected chi connectivity index (χ2v) is 6.68. The van der Waals surface area contributed by atoms with E-state index in [2.05, 4.69) is 49.2 Å². The van der Waals surface area contributed by atoms with Crippen molar-refractivity contribution in [1.29, 1.82) is 0 Å². The van der Waals surface area contributed by atoms with Gasteiger partial charge >= 0.3 is 0 Å². The Bertz CT molecular complexity index is 476. The molecule has 110 valence electrons. The molecule has 0 aliphatic carbocycles. The van der Waals surface area contributed by atoms with Crippen molar-refractivity contribution in [1.82, 2.24) is 4.90 Å². The Morgan fingerprint density at radius 1 is 1.25 bits per heavy atom. The van der Waals surface area contributed by atoms with Gasteiger partial charge in [-0.25, -0.2) is 0 Å². The molecule has 3 nitrogen and oxygen atoms in total. The van der Waals surface area contributed by atoms with E-state index in [-0.39, 0.29) is 5.60 Å². The topological polar surface area (TPSA) is 24.5 Å². The summed E-state index contributed by atoms with van der Waals surface area (Å²) in [7, 11) is 0. The second kappa shape index (κ2) is 5.28. The Morgan fingerprint density at radius 2 is 2.00 bits per heavy atom. The van der Waals surface area contributed by atoms with Crippen molar-refractivity contribution >= 4 is 5.69 Å².